The monoisotopic (exact) mass is 191 g/mol. The first kappa shape index (κ1) is 8.74. The van der Waals surface area contributed by atoms with Crippen molar-refractivity contribution >= 4 is 5.82 Å². The first-order valence-corrected chi connectivity index (χ1v) is 4.26. The van der Waals surface area contributed by atoms with Crippen LogP contribution in [0.5, 0.6) is 0 Å². The van der Waals surface area contributed by atoms with Gasteiger partial charge in [0.05, 0.1) is 5.69 Å². The van der Waals surface area contributed by atoms with Crippen molar-refractivity contribution in [1.29, 1.82) is 0 Å². The number of aromatic nitrogens is 2. The van der Waals surface area contributed by atoms with Gasteiger partial charge in [-0.05, 0) is 17.7 Å². The van der Waals surface area contributed by atoms with Crippen molar-refractivity contribution in [2.75, 3.05) is 5.73 Å². The Morgan fingerprint density at radius 3 is 2.86 bits per heavy atom. The third-order valence-electron chi connectivity index (χ3n) is 1.94. The smallest absolute Gasteiger partial charge is 0.145 e. The highest BCUT2D eigenvalue weighted by atomic mass is 19.1. The molecule has 2 aromatic rings. The van der Waals surface area contributed by atoms with E-state index in [2.05, 4.69) is 5.10 Å². The summed E-state index contributed by atoms with van der Waals surface area (Å²) in [6.07, 6.45) is 1.74. The Kier molecular flexibility index (Phi) is 2.18. The fourth-order valence-corrected chi connectivity index (χ4v) is 1.26. The molecule has 0 saturated carbocycles. The molecule has 0 radical (unpaired) electrons. The lowest BCUT2D eigenvalue weighted by Crippen LogP contribution is -1.96. The molecule has 0 atom stereocenters. The highest BCUT2D eigenvalue weighted by Crippen LogP contribution is 2.11. The zero-order chi connectivity index (χ0) is 9.97. The molecule has 72 valence electrons. The van der Waals surface area contributed by atoms with Gasteiger partial charge in [0, 0.05) is 12.3 Å². The van der Waals surface area contributed by atoms with Crippen molar-refractivity contribution in [3.05, 3.63) is 42.1 Å². The van der Waals surface area contributed by atoms with Crippen molar-refractivity contribution < 1.29 is 4.39 Å². The van der Waals surface area contributed by atoms with E-state index in [9.17, 15) is 4.39 Å². The van der Waals surface area contributed by atoms with Crippen LogP contribution in [0.3, 0.4) is 0 Å². The van der Waals surface area contributed by atoms with Crippen molar-refractivity contribution in [1.82, 2.24) is 9.78 Å². The molecule has 2 rings (SSSR count). The molecular weight excluding hydrogens is 181 g/mol. The molecule has 2 N–H and O–H groups in total. The minimum atomic E-state index is -0.468. The maximum Gasteiger partial charge on any atom is 0.145 e. The summed E-state index contributed by atoms with van der Waals surface area (Å²) in [6.45, 7) is -0.468. The zero-order valence-electron chi connectivity index (χ0n) is 7.52. The van der Waals surface area contributed by atoms with Crippen molar-refractivity contribution in [3.63, 3.8) is 0 Å². The number of hydrogen-bond donors (Lipinski definition) is 1. The summed E-state index contributed by atoms with van der Waals surface area (Å²) in [6, 6.07) is 8.82. The summed E-state index contributed by atoms with van der Waals surface area (Å²) in [5, 5.41) is 4.03. The Hall–Kier alpha value is -1.84. The lowest BCUT2D eigenvalue weighted by Gasteiger charge is -2.02. The number of anilines is 1. The number of nitrogen functional groups attached to an aromatic ring is 1. The summed E-state index contributed by atoms with van der Waals surface area (Å²) in [5.74, 6) is 0.454. The maximum atomic E-state index is 12.4. The normalized spacial score (nSPS) is 10.4. The summed E-state index contributed by atoms with van der Waals surface area (Å²) >= 11 is 0. The summed E-state index contributed by atoms with van der Waals surface area (Å²) in [7, 11) is 0. The fourth-order valence-electron chi connectivity index (χ4n) is 1.26. The van der Waals surface area contributed by atoms with Crippen LogP contribution < -0.4 is 5.73 Å². The van der Waals surface area contributed by atoms with Crippen LogP contribution in [-0.2, 0) is 6.67 Å². The van der Waals surface area contributed by atoms with Crippen LogP contribution in [-0.4, -0.2) is 9.78 Å². The highest BCUT2D eigenvalue weighted by Gasteiger charge is 1.99. The van der Waals surface area contributed by atoms with Crippen molar-refractivity contribution in [2.45, 2.75) is 6.67 Å². The number of nitrogens with two attached hydrogens (primary N) is 1. The number of benzene rings is 1. The van der Waals surface area contributed by atoms with Gasteiger partial charge in [-0.1, -0.05) is 12.1 Å². The van der Waals surface area contributed by atoms with Crippen LogP contribution in [0, 0.1) is 0 Å². The Labute approximate surface area is 81.0 Å². The van der Waals surface area contributed by atoms with Gasteiger partial charge in [-0.2, -0.15) is 5.10 Å². The Morgan fingerprint density at radius 2 is 2.21 bits per heavy atom. The first-order valence-electron chi connectivity index (χ1n) is 4.26. The van der Waals surface area contributed by atoms with Crippen LogP contribution in [0.15, 0.2) is 36.5 Å². The molecule has 1 aromatic heterocycles. The van der Waals surface area contributed by atoms with Gasteiger partial charge in [-0.25, -0.2) is 9.07 Å². The average Bonchev–Trinajstić information content (AvgIpc) is 2.65. The second kappa shape index (κ2) is 3.49. The first-order chi connectivity index (χ1) is 6.79. The third-order valence-corrected chi connectivity index (χ3v) is 1.94. The van der Waals surface area contributed by atoms with Gasteiger partial charge in [0.15, 0.2) is 0 Å². The second-order valence-corrected chi connectivity index (χ2v) is 2.99. The number of halogens is 1. The van der Waals surface area contributed by atoms with Gasteiger partial charge in [0.1, 0.15) is 12.5 Å². The molecule has 0 unspecified atom stereocenters. The number of alkyl halides is 1. The van der Waals surface area contributed by atoms with Crippen LogP contribution >= 0.6 is 0 Å². The van der Waals surface area contributed by atoms with Gasteiger partial charge in [-0.15, -0.1) is 0 Å². The zero-order valence-corrected chi connectivity index (χ0v) is 7.52. The van der Waals surface area contributed by atoms with Crippen molar-refractivity contribution in [2.24, 2.45) is 0 Å². The molecule has 0 aliphatic heterocycles. The molecule has 0 aliphatic carbocycles. The van der Waals surface area contributed by atoms with Crippen LogP contribution in [0.25, 0.3) is 5.69 Å². The van der Waals surface area contributed by atoms with Crippen molar-refractivity contribution in [3.8, 4) is 5.69 Å². The topological polar surface area (TPSA) is 43.8 Å². The standard InChI is InChI=1S/C10H10FN3/c11-7-8-2-1-3-9(6-8)14-5-4-10(12)13-14/h1-6H,7H2,(H2,12,13). The number of nitrogens with zero attached hydrogens (tertiary/aromatic N) is 2. The molecule has 0 amide bonds. The number of rotatable bonds is 2. The summed E-state index contributed by atoms with van der Waals surface area (Å²) < 4.78 is 14.0. The van der Waals surface area contributed by atoms with Gasteiger partial charge in [0.2, 0.25) is 0 Å². The molecule has 0 saturated heterocycles. The van der Waals surface area contributed by atoms with E-state index < -0.39 is 6.67 Å². The third kappa shape index (κ3) is 1.59. The van der Waals surface area contributed by atoms with Crippen LogP contribution in [0.2, 0.25) is 0 Å². The fraction of sp³-hybridized carbons (Fsp3) is 0.100. The van der Waals surface area contributed by atoms with E-state index in [4.69, 9.17) is 5.73 Å². The van der Waals surface area contributed by atoms with E-state index in [1.54, 1.807) is 35.1 Å². The van der Waals surface area contributed by atoms with Gasteiger partial charge >= 0.3 is 0 Å². The van der Waals surface area contributed by atoms with E-state index in [0.29, 0.717) is 11.4 Å². The SMILES string of the molecule is Nc1ccn(-c2cccc(CF)c2)n1. The van der Waals surface area contributed by atoms with Crippen LogP contribution in [0.4, 0.5) is 10.2 Å². The lowest BCUT2D eigenvalue weighted by molar-refractivity contribution is 0.485. The van der Waals surface area contributed by atoms with E-state index in [0.717, 1.165) is 5.69 Å². The van der Waals surface area contributed by atoms with Crippen LogP contribution in [0.1, 0.15) is 5.56 Å². The number of hydrogen-bond acceptors (Lipinski definition) is 2. The predicted octanol–water partition coefficient (Wildman–Crippen LogP) is 1.92. The Morgan fingerprint density at radius 1 is 1.36 bits per heavy atom. The summed E-state index contributed by atoms with van der Waals surface area (Å²) in [5.41, 5.74) is 6.93. The molecule has 0 aliphatic rings. The molecule has 3 nitrogen and oxygen atoms in total. The van der Waals surface area contributed by atoms with E-state index in [1.165, 1.54) is 0 Å². The molecule has 1 aromatic carbocycles. The maximum absolute atomic E-state index is 12.4. The Bertz CT molecular complexity index is 436. The molecule has 0 bridgehead atoms. The molecule has 0 spiro atoms. The minimum Gasteiger partial charge on any atom is -0.382 e. The Balaban J connectivity index is 2.41. The molecule has 0 fully saturated rings. The largest absolute Gasteiger partial charge is 0.382 e. The predicted molar refractivity (Wildman–Crippen MR) is 52.8 cm³/mol. The van der Waals surface area contributed by atoms with Gasteiger partial charge < -0.3 is 5.73 Å². The molecule has 1 heterocycles. The molecular formula is C10H10FN3. The molecule has 14 heavy (non-hydrogen) atoms. The summed E-state index contributed by atoms with van der Waals surface area (Å²) in [4.78, 5) is 0. The highest BCUT2D eigenvalue weighted by molar-refractivity contribution is 5.37. The van der Waals surface area contributed by atoms with Gasteiger partial charge in [0.25, 0.3) is 0 Å². The second-order valence-electron chi connectivity index (χ2n) is 2.99. The lowest BCUT2D eigenvalue weighted by atomic mass is 10.2. The average molecular weight is 191 g/mol. The molecule has 4 heteroatoms. The quantitative estimate of drug-likeness (QED) is 0.788. The van der Waals surface area contributed by atoms with E-state index in [-0.39, 0.29) is 0 Å². The van der Waals surface area contributed by atoms with E-state index >= 15 is 0 Å². The van der Waals surface area contributed by atoms with Gasteiger partial charge in [-0.3, -0.25) is 0 Å². The van der Waals surface area contributed by atoms with E-state index in [1.807, 2.05) is 6.07 Å². The minimum absolute atomic E-state index is 0.454.